The van der Waals surface area contributed by atoms with Crippen molar-refractivity contribution in [3.05, 3.63) is 68.9 Å². The van der Waals surface area contributed by atoms with Crippen LogP contribution >= 0.6 is 22.4 Å². The molecular formula is C31H34ClF2N5O6S. The number of nitrogens with zero attached hydrogens (tertiary/aromatic N) is 5. The molecule has 2 aromatic carbocycles. The van der Waals surface area contributed by atoms with Gasteiger partial charge in [-0.05, 0) is 78.1 Å². The topological polar surface area (TPSA) is 143 Å². The molecule has 0 saturated heterocycles. The minimum Gasteiger partial charge on any atom is -0.481 e. The minimum atomic E-state index is -3.59. The number of aliphatic carboxylic acids is 1. The number of aromatic nitrogens is 4. The zero-order valence-corrected chi connectivity index (χ0v) is 27.0. The smallest absolute Gasteiger partial charge is 0.387 e. The molecule has 46 heavy (non-hydrogen) atoms. The molecule has 0 amide bonds. The minimum absolute atomic E-state index is 0.104. The van der Waals surface area contributed by atoms with Gasteiger partial charge >= 0.3 is 12.6 Å². The first-order valence-corrected chi connectivity index (χ1v) is 16.7. The third-order valence-corrected chi connectivity index (χ3v) is 10.9. The number of carboxylic acids is 1. The van der Waals surface area contributed by atoms with Crippen LogP contribution in [0.2, 0.25) is 5.02 Å². The Labute approximate surface area is 270 Å². The largest absolute Gasteiger partial charge is 0.481 e. The zero-order valence-electron chi connectivity index (χ0n) is 25.4. The number of fused-ring (bicyclic) bond motifs is 3. The first-order valence-electron chi connectivity index (χ1n) is 14.9. The van der Waals surface area contributed by atoms with E-state index >= 15 is 0 Å². The highest BCUT2D eigenvalue weighted by molar-refractivity contribution is 8.22. The van der Waals surface area contributed by atoms with Crippen molar-refractivity contribution < 1.29 is 37.3 Å². The number of aryl methyl sites for hydroxylation is 3. The first-order chi connectivity index (χ1) is 21.9. The summed E-state index contributed by atoms with van der Waals surface area (Å²) in [5.41, 5.74) is 5.26. The maximum atomic E-state index is 13.5. The van der Waals surface area contributed by atoms with Crippen molar-refractivity contribution in [3.63, 3.8) is 0 Å². The van der Waals surface area contributed by atoms with Crippen molar-refractivity contribution in [1.29, 1.82) is 0 Å². The van der Waals surface area contributed by atoms with Crippen LogP contribution in [0.15, 0.2) is 35.4 Å². The van der Waals surface area contributed by atoms with E-state index in [1.165, 1.54) is 23.0 Å². The number of carboxylic acid groups (broad SMARTS) is 1. The molecule has 0 radical (unpaired) electrons. The third kappa shape index (κ3) is 5.99. The highest BCUT2D eigenvalue weighted by atomic mass is 35.5. The summed E-state index contributed by atoms with van der Waals surface area (Å²) < 4.78 is 64.2. The standard InChI is InChI=1S/C31H34ClF2N5O6S/c1-4-21-15-39(46(42,43)26-10-20(32)13-35-30(26)44-21)14-19-9-18(8-17-6-5-7-22(17)19)24(12-27(40)41)23-11-25(45-31(33)34)29-28(16(23)2)36-37-38(29)3/h8-11,13,21,24,31,42-43H,4-7,12,14-15H2,1-3H3,(H,40,41)/t21-,24+/m1/s1. The molecule has 1 aliphatic carbocycles. The normalized spacial score (nSPS) is 18.9. The van der Waals surface area contributed by atoms with E-state index in [4.69, 9.17) is 21.1 Å². The average molecular weight is 678 g/mol. The number of hydrogen-bond acceptors (Lipinski definition) is 9. The van der Waals surface area contributed by atoms with Crippen LogP contribution in [-0.4, -0.2) is 63.7 Å². The van der Waals surface area contributed by atoms with E-state index in [2.05, 4.69) is 15.3 Å². The maximum Gasteiger partial charge on any atom is 0.387 e. The van der Waals surface area contributed by atoms with Crippen molar-refractivity contribution in [3.8, 4) is 11.6 Å². The van der Waals surface area contributed by atoms with E-state index in [1.807, 2.05) is 19.1 Å². The van der Waals surface area contributed by atoms with Crippen LogP contribution in [0.3, 0.4) is 0 Å². The zero-order chi connectivity index (χ0) is 32.9. The Balaban J connectivity index is 1.48. The molecule has 2 aromatic heterocycles. The van der Waals surface area contributed by atoms with Crippen LogP contribution in [0, 0.1) is 6.92 Å². The maximum absolute atomic E-state index is 13.5. The fourth-order valence-corrected chi connectivity index (χ4v) is 8.37. The van der Waals surface area contributed by atoms with E-state index in [0.29, 0.717) is 28.6 Å². The highest BCUT2D eigenvalue weighted by Crippen LogP contribution is 2.58. The molecule has 6 rings (SSSR count). The molecule has 2 atom stereocenters. The Kier molecular flexibility index (Phi) is 8.85. The number of hydrogen-bond donors (Lipinski definition) is 3. The van der Waals surface area contributed by atoms with Gasteiger partial charge < -0.3 is 14.6 Å². The number of alkyl halides is 2. The second kappa shape index (κ2) is 12.6. The molecule has 0 bridgehead atoms. The monoisotopic (exact) mass is 677 g/mol. The van der Waals surface area contributed by atoms with Gasteiger partial charge in [-0.15, -0.1) is 15.9 Å². The summed E-state index contributed by atoms with van der Waals surface area (Å²) in [6.45, 7) is 0.910. The van der Waals surface area contributed by atoms with Gasteiger partial charge in [-0.25, -0.2) is 9.67 Å². The highest BCUT2D eigenvalue weighted by Gasteiger charge is 2.37. The lowest BCUT2D eigenvalue weighted by molar-refractivity contribution is -0.137. The number of carbonyl (C=O) groups is 1. The van der Waals surface area contributed by atoms with E-state index in [9.17, 15) is 27.8 Å². The number of halogens is 3. The molecule has 3 N–H and O–H groups in total. The Morgan fingerprint density at radius 2 is 2.02 bits per heavy atom. The summed E-state index contributed by atoms with van der Waals surface area (Å²) in [5, 5.41) is 18.4. The quantitative estimate of drug-likeness (QED) is 0.175. The number of rotatable bonds is 9. The summed E-state index contributed by atoms with van der Waals surface area (Å²) in [5.74, 6) is -1.86. The molecule has 0 saturated carbocycles. The summed E-state index contributed by atoms with van der Waals surface area (Å²) in [7, 11) is -2.02. The fourth-order valence-electron chi connectivity index (χ4n) is 6.55. The summed E-state index contributed by atoms with van der Waals surface area (Å²) in [4.78, 5) is 16.6. The lowest BCUT2D eigenvalue weighted by Gasteiger charge is -2.42. The molecule has 2 aliphatic rings. The van der Waals surface area contributed by atoms with Gasteiger partial charge in [-0.2, -0.15) is 13.1 Å². The van der Waals surface area contributed by atoms with Gasteiger partial charge in [-0.3, -0.25) is 13.9 Å². The van der Waals surface area contributed by atoms with Crippen molar-refractivity contribution in [2.45, 2.75) is 76.0 Å². The first kappa shape index (κ1) is 32.4. The second-order valence-corrected chi connectivity index (χ2v) is 14.1. The molecule has 0 spiro atoms. The number of pyridine rings is 1. The van der Waals surface area contributed by atoms with Crippen LogP contribution in [0.1, 0.15) is 65.5 Å². The molecule has 0 fully saturated rings. The Hall–Kier alpha value is -3.56. The van der Waals surface area contributed by atoms with Crippen LogP contribution in [0.5, 0.6) is 11.6 Å². The van der Waals surface area contributed by atoms with Crippen LogP contribution < -0.4 is 9.47 Å². The fraction of sp³-hybridized carbons (Fsp3) is 0.419. The van der Waals surface area contributed by atoms with Gasteiger partial charge in [0.2, 0.25) is 5.88 Å². The molecule has 4 aromatic rings. The molecule has 1 aliphatic heterocycles. The van der Waals surface area contributed by atoms with Gasteiger partial charge in [-0.1, -0.05) is 35.9 Å². The number of ether oxygens (including phenoxy) is 2. The predicted molar refractivity (Wildman–Crippen MR) is 168 cm³/mol. The van der Waals surface area contributed by atoms with Crippen LogP contribution in [0.25, 0.3) is 11.0 Å². The van der Waals surface area contributed by atoms with Gasteiger partial charge in [0.25, 0.3) is 0 Å². The Morgan fingerprint density at radius 1 is 1.24 bits per heavy atom. The van der Waals surface area contributed by atoms with Gasteiger partial charge in [0.1, 0.15) is 22.0 Å². The van der Waals surface area contributed by atoms with Gasteiger partial charge in [0.05, 0.1) is 18.0 Å². The molecule has 3 heterocycles. The van der Waals surface area contributed by atoms with Gasteiger partial charge in [0.15, 0.2) is 5.75 Å². The molecule has 11 nitrogen and oxygen atoms in total. The molecular weight excluding hydrogens is 644 g/mol. The van der Waals surface area contributed by atoms with Crippen molar-refractivity contribution in [1.82, 2.24) is 24.3 Å². The van der Waals surface area contributed by atoms with Crippen molar-refractivity contribution in [2.24, 2.45) is 7.05 Å². The Morgan fingerprint density at radius 3 is 2.74 bits per heavy atom. The van der Waals surface area contributed by atoms with Crippen molar-refractivity contribution >= 4 is 39.4 Å². The lowest BCUT2D eigenvalue weighted by Crippen LogP contribution is -2.34. The van der Waals surface area contributed by atoms with Crippen molar-refractivity contribution in [2.75, 3.05) is 6.54 Å². The van der Waals surface area contributed by atoms with Crippen LogP contribution in [0.4, 0.5) is 8.78 Å². The van der Waals surface area contributed by atoms with Crippen LogP contribution in [-0.2, 0) is 31.2 Å². The third-order valence-electron chi connectivity index (χ3n) is 8.77. The Bertz CT molecular complexity index is 1820. The van der Waals surface area contributed by atoms with E-state index in [-0.39, 0.29) is 52.7 Å². The van der Waals surface area contributed by atoms with Gasteiger partial charge in [0, 0.05) is 25.7 Å². The molecule has 15 heteroatoms. The average Bonchev–Trinajstić information content (AvgIpc) is 3.62. The summed E-state index contributed by atoms with van der Waals surface area (Å²) in [6, 6.07) is 6.78. The molecule has 0 unspecified atom stereocenters. The number of benzene rings is 2. The van der Waals surface area contributed by atoms with E-state index < -0.39 is 29.3 Å². The summed E-state index contributed by atoms with van der Waals surface area (Å²) in [6.07, 6.45) is 3.68. The second-order valence-electron chi connectivity index (χ2n) is 11.6. The van der Waals surface area contributed by atoms with E-state index in [1.54, 1.807) is 18.3 Å². The SMILES string of the molecule is CC[C@@H]1CN(Cc2cc([C@H](CC(=O)O)c3cc(OC(F)F)c4c(nnn4C)c3C)cc3c2CCC3)S(O)(O)c2cc(Cl)cnc2O1. The lowest BCUT2D eigenvalue weighted by atomic mass is 9.83. The predicted octanol–water partition coefficient (Wildman–Crippen LogP) is 6.72. The summed E-state index contributed by atoms with van der Waals surface area (Å²) >= 11 is 6.20. The van der Waals surface area contributed by atoms with E-state index in [0.717, 1.165) is 36.0 Å². The molecule has 246 valence electrons.